The van der Waals surface area contributed by atoms with Crippen LogP contribution in [0.4, 0.5) is 0 Å². The summed E-state index contributed by atoms with van der Waals surface area (Å²) in [5.41, 5.74) is 4.05. The summed E-state index contributed by atoms with van der Waals surface area (Å²) in [6.07, 6.45) is 4.74. The minimum absolute atomic E-state index is 0.0847. The van der Waals surface area contributed by atoms with Crippen LogP contribution in [-0.4, -0.2) is 15.5 Å². The summed E-state index contributed by atoms with van der Waals surface area (Å²) in [4.78, 5) is -0.235. The van der Waals surface area contributed by atoms with Gasteiger partial charge in [0.1, 0.15) is 29.1 Å². The summed E-state index contributed by atoms with van der Waals surface area (Å²) >= 11 is 0. The van der Waals surface area contributed by atoms with Gasteiger partial charge in [-0.1, -0.05) is 30.3 Å². The molecule has 0 spiro atoms. The molecule has 0 heterocycles. The lowest BCUT2D eigenvalue weighted by molar-refractivity contribution is 0.296. The number of ether oxygens (including phenoxy) is 2. The standard InChI is InChI=1S/C26H23NO4S/c1-30-26-13-10-19(15-25(17-27)32(28,29)24-8-3-2-4-9-24)14-22(26)18-31-23-12-11-20-6-5-7-21(20)16-23/h2-4,8-16H,5-7,18H2,1H3. The molecule has 0 saturated carbocycles. The van der Waals surface area contributed by atoms with Crippen LogP contribution in [0.25, 0.3) is 6.08 Å². The van der Waals surface area contributed by atoms with Crippen molar-refractivity contribution >= 4 is 15.9 Å². The number of hydrogen-bond acceptors (Lipinski definition) is 5. The lowest BCUT2D eigenvalue weighted by Gasteiger charge is -2.12. The van der Waals surface area contributed by atoms with Gasteiger partial charge in [-0.05, 0) is 78.4 Å². The highest BCUT2D eigenvalue weighted by Crippen LogP contribution is 2.29. The Morgan fingerprint density at radius 1 is 1.03 bits per heavy atom. The third kappa shape index (κ3) is 4.53. The van der Waals surface area contributed by atoms with E-state index in [1.54, 1.807) is 43.5 Å². The van der Waals surface area contributed by atoms with Crippen molar-refractivity contribution in [2.45, 2.75) is 30.8 Å². The van der Waals surface area contributed by atoms with E-state index in [0.29, 0.717) is 11.3 Å². The molecule has 5 nitrogen and oxygen atoms in total. The predicted octanol–water partition coefficient (Wildman–Crippen LogP) is 5.10. The van der Waals surface area contributed by atoms with Gasteiger partial charge in [-0.25, -0.2) is 8.42 Å². The number of fused-ring (bicyclic) bond motifs is 1. The fourth-order valence-corrected chi connectivity index (χ4v) is 5.03. The Morgan fingerprint density at radius 3 is 2.56 bits per heavy atom. The van der Waals surface area contributed by atoms with E-state index in [1.807, 2.05) is 12.1 Å². The van der Waals surface area contributed by atoms with Gasteiger partial charge in [0.15, 0.2) is 0 Å². The van der Waals surface area contributed by atoms with Crippen LogP contribution in [-0.2, 0) is 29.3 Å². The number of nitrogens with zero attached hydrogens (tertiary/aromatic N) is 1. The number of nitriles is 1. The number of sulfone groups is 1. The van der Waals surface area contributed by atoms with Gasteiger partial charge in [-0.15, -0.1) is 0 Å². The molecule has 0 N–H and O–H groups in total. The molecule has 6 heteroatoms. The minimum atomic E-state index is -3.90. The third-order valence-corrected chi connectivity index (χ3v) is 7.20. The summed E-state index contributed by atoms with van der Waals surface area (Å²) in [7, 11) is -2.33. The molecule has 32 heavy (non-hydrogen) atoms. The van der Waals surface area contributed by atoms with Gasteiger partial charge in [-0.3, -0.25) is 0 Å². The minimum Gasteiger partial charge on any atom is -0.496 e. The van der Waals surface area contributed by atoms with Gasteiger partial charge >= 0.3 is 0 Å². The van der Waals surface area contributed by atoms with E-state index in [0.717, 1.165) is 24.2 Å². The number of rotatable bonds is 7. The van der Waals surface area contributed by atoms with Crippen molar-refractivity contribution in [3.05, 3.63) is 93.9 Å². The zero-order valence-electron chi connectivity index (χ0n) is 17.7. The lowest BCUT2D eigenvalue weighted by Crippen LogP contribution is -2.04. The molecule has 0 atom stereocenters. The molecular weight excluding hydrogens is 422 g/mol. The molecule has 0 fully saturated rings. The lowest BCUT2D eigenvalue weighted by atomic mass is 10.1. The van der Waals surface area contributed by atoms with Crippen molar-refractivity contribution < 1.29 is 17.9 Å². The summed E-state index contributed by atoms with van der Waals surface area (Å²) in [6, 6.07) is 21.2. The zero-order valence-corrected chi connectivity index (χ0v) is 18.6. The summed E-state index contributed by atoms with van der Waals surface area (Å²) < 4.78 is 37.1. The summed E-state index contributed by atoms with van der Waals surface area (Å²) in [5, 5.41) is 9.54. The molecule has 0 aromatic heterocycles. The maximum atomic E-state index is 12.8. The molecule has 162 valence electrons. The first-order chi connectivity index (χ1) is 15.5. The normalized spacial score (nSPS) is 13.3. The maximum Gasteiger partial charge on any atom is 0.216 e. The predicted molar refractivity (Wildman–Crippen MR) is 123 cm³/mol. The van der Waals surface area contributed by atoms with Crippen LogP contribution in [0.3, 0.4) is 0 Å². The highest BCUT2D eigenvalue weighted by atomic mass is 32.2. The second-order valence-electron chi connectivity index (χ2n) is 7.58. The van der Waals surface area contributed by atoms with Crippen LogP contribution in [0, 0.1) is 11.3 Å². The topological polar surface area (TPSA) is 76.4 Å². The third-order valence-electron chi connectivity index (χ3n) is 5.52. The largest absolute Gasteiger partial charge is 0.496 e. The molecule has 0 unspecified atom stereocenters. The van der Waals surface area contributed by atoms with Crippen molar-refractivity contribution in [2.75, 3.05) is 7.11 Å². The van der Waals surface area contributed by atoms with Crippen LogP contribution < -0.4 is 9.47 Å². The van der Waals surface area contributed by atoms with Gasteiger partial charge in [-0.2, -0.15) is 5.26 Å². The van der Waals surface area contributed by atoms with Crippen molar-refractivity contribution in [2.24, 2.45) is 0 Å². The molecule has 1 aliphatic rings. The first-order valence-corrected chi connectivity index (χ1v) is 11.8. The highest BCUT2D eigenvalue weighted by molar-refractivity contribution is 7.95. The van der Waals surface area contributed by atoms with Gasteiger partial charge in [0, 0.05) is 5.56 Å². The van der Waals surface area contributed by atoms with Crippen molar-refractivity contribution in [1.29, 1.82) is 5.26 Å². The Morgan fingerprint density at radius 2 is 1.81 bits per heavy atom. The molecular formula is C26H23NO4S. The van der Waals surface area contributed by atoms with E-state index in [1.165, 1.54) is 35.8 Å². The SMILES string of the molecule is COc1ccc(C=C(C#N)S(=O)(=O)c2ccccc2)cc1COc1ccc2c(c1)CCC2. The number of aryl methyl sites for hydroxylation is 2. The van der Waals surface area contributed by atoms with Crippen LogP contribution in [0.2, 0.25) is 0 Å². The summed E-state index contributed by atoms with van der Waals surface area (Å²) in [6.45, 7) is 0.261. The zero-order chi connectivity index (χ0) is 22.6. The van der Waals surface area contributed by atoms with E-state index in [-0.39, 0.29) is 16.4 Å². The fraction of sp³-hybridized carbons (Fsp3) is 0.192. The van der Waals surface area contributed by atoms with Crippen LogP contribution in [0.5, 0.6) is 11.5 Å². The maximum absolute atomic E-state index is 12.8. The van der Waals surface area contributed by atoms with Crippen molar-refractivity contribution in [1.82, 2.24) is 0 Å². The van der Waals surface area contributed by atoms with E-state index in [9.17, 15) is 13.7 Å². The molecule has 0 aliphatic heterocycles. The molecule has 4 rings (SSSR count). The van der Waals surface area contributed by atoms with Gasteiger partial charge in [0.05, 0.1) is 12.0 Å². The molecule has 0 saturated heterocycles. The van der Waals surface area contributed by atoms with E-state index in [2.05, 4.69) is 12.1 Å². The van der Waals surface area contributed by atoms with Crippen molar-refractivity contribution in [3.8, 4) is 17.6 Å². The highest BCUT2D eigenvalue weighted by Gasteiger charge is 2.20. The average Bonchev–Trinajstić information content (AvgIpc) is 3.29. The molecule has 0 bridgehead atoms. The van der Waals surface area contributed by atoms with Gasteiger partial charge in [0.25, 0.3) is 0 Å². The fourth-order valence-electron chi connectivity index (χ4n) is 3.85. The van der Waals surface area contributed by atoms with Crippen LogP contribution in [0.15, 0.2) is 76.5 Å². The Labute approximate surface area is 188 Å². The Hall–Kier alpha value is -3.56. The molecule has 1 aliphatic carbocycles. The summed E-state index contributed by atoms with van der Waals surface area (Å²) in [5.74, 6) is 1.42. The Balaban J connectivity index is 1.60. The Kier molecular flexibility index (Phi) is 6.29. The van der Waals surface area contributed by atoms with Gasteiger partial charge in [0.2, 0.25) is 9.84 Å². The van der Waals surface area contributed by atoms with Gasteiger partial charge < -0.3 is 9.47 Å². The first-order valence-electron chi connectivity index (χ1n) is 10.3. The molecule has 0 radical (unpaired) electrons. The number of methoxy groups -OCH3 is 1. The monoisotopic (exact) mass is 445 g/mol. The molecule has 0 amide bonds. The Bertz CT molecular complexity index is 1310. The quantitative estimate of drug-likeness (QED) is 0.473. The second-order valence-corrected chi connectivity index (χ2v) is 9.50. The first kappa shape index (κ1) is 21.7. The van der Waals surface area contributed by atoms with Crippen LogP contribution in [0.1, 0.15) is 28.7 Å². The molecule has 3 aromatic rings. The van der Waals surface area contributed by atoms with E-state index < -0.39 is 9.84 Å². The number of allylic oxidation sites excluding steroid dienone is 1. The van der Waals surface area contributed by atoms with Crippen LogP contribution >= 0.6 is 0 Å². The van der Waals surface area contributed by atoms with Crippen molar-refractivity contribution in [3.63, 3.8) is 0 Å². The second kappa shape index (κ2) is 9.29. The smallest absolute Gasteiger partial charge is 0.216 e. The van der Waals surface area contributed by atoms with E-state index in [4.69, 9.17) is 9.47 Å². The van der Waals surface area contributed by atoms with E-state index >= 15 is 0 Å². The molecule has 3 aromatic carbocycles. The number of hydrogen-bond donors (Lipinski definition) is 0. The number of benzene rings is 3. The average molecular weight is 446 g/mol.